The molecule has 2 aromatic heterocycles. The molecule has 0 atom stereocenters. The zero-order valence-corrected chi connectivity index (χ0v) is 17.7. The largest absolute Gasteiger partial charge is 0.397 e. The van der Waals surface area contributed by atoms with Crippen molar-refractivity contribution in [2.45, 2.75) is 32.6 Å². The van der Waals surface area contributed by atoms with E-state index >= 15 is 0 Å². The Bertz CT molecular complexity index is 1240. The highest BCUT2D eigenvalue weighted by atomic mass is 32.1. The molecule has 4 aromatic rings. The normalized spacial score (nSPS) is 13.2. The fourth-order valence-electron chi connectivity index (χ4n) is 4.22. The molecule has 2 heterocycles. The fourth-order valence-corrected chi connectivity index (χ4v) is 5.24. The number of aromatic nitrogens is 1. The number of nitrogens with one attached hydrogen (secondary N) is 1. The Morgan fingerprint density at radius 2 is 1.77 bits per heavy atom. The maximum absolute atomic E-state index is 13.1. The van der Waals surface area contributed by atoms with Gasteiger partial charge in [0.2, 0.25) is 0 Å². The summed E-state index contributed by atoms with van der Waals surface area (Å²) in [4.78, 5) is 19.4. The van der Waals surface area contributed by atoms with Crippen LogP contribution in [0.5, 0.6) is 0 Å². The maximum atomic E-state index is 13.1. The van der Waals surface area contributed by atoms with Crippen LogP contribution in [0.15, 0.2) is 54.6 Å². The average molecular weight is 414 g/mol. The number of nitrogens with two attached hydrogens (primary N) is 1. The summed E-state index contributed by atoms with van der Waals surface area (Å²) in [7, 11) is 0. The minimum absolute atomic E-state index is 0.184. The predicted octanol–water partition coefficient (Wildman–Crippen LogP) is 5.99. The zero-order valence-electron chi connectivity index (χ0n) is 16.9. The van der Waals surface area contributed by atoms with Crippen molar-refractivity contribution in [2.75, 3.05) is 11.1 Å². The van der Waals surface area contributed by atoms with Crippen LogP contribution < -0.4 is 11.1 Å². The van der Waals surface area contributed by atoms with Crippen molar-refractivity contribution in [1.29, 1.82) is 0 Å². The van der Waals surface area contributed by atoms with Gasteiger partial charge in [-0.3, -0.25) is 4.79 Å². The lowest BCUT2D eigenvalue weighted by Crippen LogP contribution is -2.12. The van der Waals surface area contributed by atoms with Crippen LogP contribution in [0.1, 0.15) is 39.3 Å². The third-order valence-electron chi connectivity index (χ3n) is 5.73. The molecular weight excluding hydrogens is 390 g/mol. The molecule has 2 aromatic carbocycles. The van der Waals surface area contributed by atoms with Crippen molar-refractivity contribution in [3.05, 3.63) is 76.3 Å². The molecule has 5 rings (SSSR count). The number of carbonyl (C=O) groups is 1. The molecule has 1 aliphatic rings. The summed E-state index contributed by atoms with van der Waals surface area (Å²) in [6.07, 6.45) is 4.29. The van der Waals surface area contributed by atoms with Crippen LogP contribution in [0.25, 0.3) is 21.3 Å². The number of hydrogen-bond acceptors (Lipinski definition) is 4. The molecule has 0 aliphatic heterocycles. The third kappa shape index (κ3) is 3.25. The van der Waals surface area contributed by atoms with Gasteiger partial charge >= 0.3 is 0 Å². The molecule has 0 saturated heterocycles. The second kappa shape index (κ2) is 7.58. The first kappa shape index (κ1) is 18.8. The van der Waals surface area contributed by atoms with Gasteiger partial charge in [-0.25, -0.2) is 4.98 Å². The first-order valence-electron chi connectivity index (χ1n) is 10.3. The van der Waals surface area contributed by atoms with Gasteiger partial charge in [-0.15, -0.1) is 11.3 Å². The van der Waals surface area contributed by atoms with Gasteiger partial charge in [-0.1, -0.05) is 48.0 Å². The van der Waals surface area contributed by atoms with E-state index in [0.717, 1.165) is 64.0 Å². The van der Waals surface area contributed by atoms with Gasteiger partial charge in [0.15, 0.2) is 0 Å². The first-order valence-corrected chi connectivity index (χ1v) is 11.1. The number of anilines is 2. The highest BCUT2D eigenvalue weighted by molar-refractivity contribution is 7.21. The number of pyridine rings is 1. The standard InChI is InChI=1S/C25H23N3OS/c1-15-11-13-17(14-12-15)27-24(29)23-22(26)21-20(16-7-3-2-4-8-16)18-9-5-6-10-19(18)28-25(21)30-23/h2-4,7-8,11-14H,5-6,9-10,26H2,1H3,(H,27,29). The Morgan fingerprint density at radius 3 is 2.53 bits per heavy atom. The SMILES string of the molecule is Cc1ccc(NC(=O)c2sc3nc4c(c(-c5ccccc5)c3c2N)CCCC4)cc1. The van der Waals surface area contributed by atoms with Crippen molar-refractivity contribution in [2.24, 2.45) is 0 Å². The topological polar surface area (TPSA) is 68.0 Å². The molecule has 30 heavy (non-hydrogen) atoms. The summed E-state index contributed by atoms with van der Waals surface area (Å²) in [6, 6.07) is 18.1. The Kier molecular flexibility index (Phi) is 4.75. The van der Waals surface area contributed by atoms with Crippen LogP contribution in [-0.2, 0) is 12.8 Å². The summed E-state index contributed by atoms with van der Waals surface area (Å²) in [5, 5.41) is 3.90. The van der Waals surface area contributed by atoms with Crippen molar-refractivity contribution >= 4 is 38.8 Å². The average Bonchev–Trinajstić information content (AvgIpc) is 3.10. The third-order valence-corrected chi connectivity index (χ3v) is 6.83. The van der Waals surface area contributed by atoms with E-state index in [1.807, 2.05) is 49.4 Å². The molecule has 4 nitrogen and oxygen atoms in total. The van der Waals surface area contributed by atoms with Gasteiger partial charge in [-0.2, -0.15) is 0 Å². The van der Waals surface area contributed by atoms with Crippen LogP contribution in [0.2, 0.25) is 0 Å². The van der Waals surface area contributed by atoms with E-state index in [2.05, 4.69) is 17.4 Å². The molecule has 5 heteroatoms. The molecule has 0 spiro atoms. The number of rotatable bonds is 3. The van der Waals surface area contributed by atoms with Gasteiger partial charge < -0.3 is 11.1 Å². The van der Waals surface area contributed by atoms with Gasteiger partial charge in [0.1, 0.15) is 9.71 Å². The van der Waals surface area contributed by atoms with Crippen LogP contribution in [-0.4, -0.2) is 10.9 Å². The first-order chi connectivity index (χ1) is 14.6. The zero-order chi connectivity index (χ0) is 20.7. The number of thiophene rings is 1. The molecule has 0 fully saturated rings. The van der Waals surface area contributed by atoms with Crippen molar-refractivity contribution in [3.8, 4) is 11.1 Å². The number of nitrogen functional groups attached to an aromatic ring is 1. The van der Waals surface area contributed by atoms with Crippen molar-refractivity contribution in [1.82, 2.24) is 4.98 Å². The molecule has 150 valence electrons. The predicted molar refractivity (Wildman–Crippen MR) is 125 cm³/mol. The van der Waals surface area contributed by atoms with E-state index < -0.39 is 0 Å². The number of hydrogen-bond donors (Lipinski definition) is 2. The summed E-state index contributed by atoms with van der Waals surface area (Å²) in [5.41, 5.74) is 13.8. The molecule has 1 amide bonds. The molecule has 0 saturated carbocycles. The fraction of sp³-hybridized carbons (Fsp3) is 0.200. The van der Waals surface area contributed by atoms with Gasteiger partial charge in [0.05, 0.1) is 5.69 Å². The Hall–Kier alpha value is -3.18. The summed E-state index contributed by atoms with van der Waals surface area (Å²) in [6.45, 7) is 2.02. The Labute approximate surface area is 179 Å². The molecular formula is C25H23N3OS. The number of carbonyl (C=O) groups excluding carboxylic acids is 1. The number of fused-ring (bicyclic) bond motifs is 2. The second-order valence-electron chi connectivity index (χ2n) is 7.83. The lowest BCUT2D eigenvalue weighted by molar-refractivity contribution is 0.103. The van der Waals surface area contributed by atoms with Crippen molar-refractivity contribution < 1.29 is 4.79 Å². The number of nitrogens with zero attached hydrogens (tertiary/aromatic N) is 1. The lowest BCUT2D eigenvalue weighted by Gasteiger charge is -2.20. The van der Waals surface area contributed by atoms with E-state index in [1.54, 1.807) is 0 Å². The molecule has 0 bridgehead atoms. The van der Waals surface area contributed by atoms with Crippen LogP contribution in [0, 0.1) is 6.92 Å². The monoisotopic (exact) mass is 413 g/mol. The molecule has 0 unspecified atom stereocenters. The highest BCUT2D eigenvalue weighted by Gasteiger charge is 2.25. The van der Waals surface area contributed by atoms with Crippen LogP contribution in [0.3, 0.4) is 0 Å². The molecule has 3 N–H and O–H groups in total. The smallest absolute Gasteiger partial charge is 0.267 e. The van der Waals surface area contributed by atoms with E-state index in [1.165, 1.54) is 16.9 Å². The van der Waals surface area contributed by atoms with E-state index in [9.17, 15) is 4.79 Å². The van der Waals surface area contributed by atoms with E-state index in [-0.39, 0.29) is 5.91 Å². The minimum atomic E-state index is -0.184. The lowest BCUT2D eigenvalue weighted by atomic mass is 9.87. The minimum Gasteiger partial charge on any atom is -0.397 e. The van der Waals surface area contributed by atoms with Gasteiger partial charge in [-0.05, 0) is 61.4 Å². The van der Waals surface area contributed by atoms with Crippen LogP contribution in [0.4, 0.5) is 11.4 Å². The number of aryl methyl sites for hydroxylation is 2. The number of amides is 1. The van der Waals surface area contributed by atoms with E-state index in [0.29, 0.717) is 10.6 Å². The Morgan fingerprint density at radius 1 is 1.03 bits per heavy atom. The number of benzene rings is 2. The summed E-state index contributed by atoms with van der Waals surface area (Å²) in [5.74, 6) is -0.184. The maximum Gasteiger partial charge on any atom is 0.267 e. The quantitative estimate of drug-likeness (QED) is 0.434. The van der Waals surface area contributed by atoms with E-state index in [4.69, 9.17) is 10.7 Å². The van der Waals surface area contributed by atoms with Crippen LogP contribution >= 0.6 is 11.3 Å². The second-order valence-corrected chi connectivity index (χ2v) is 8.83. The Balaban J connectivity index is 1.66. The van der Waals surface area contributed by atoms with Gasteiger partial charge in [0.25, 0.3) is 5.91 Å². The van der Waals surface area contributed by atoms with Gasteiger partial charge in [0, 0.05) is 16.8 Å². The highest BCUT2D eigenvalue weighted by Crippen LogP contribution is 2.43. The van der Waals surface area contributed by atoms with Crippen molar-refractivity contribution in [3.63, 3.8) is 0 Å². The summed E-state index contributed by atoms with van der Waals surface area (Å²) < 4.78 is 0. The summed E-state index contributed by atoms with van der Waals surface area (Å²) >= 11 is 1.39. The molecule has 1 aliphatic carbocycles. The molecule has 0 radical (unpaired) electrons.